The standard InChI is InChI=1S/C40H39F2N7O8S/c1-56-32-17-25(41)6-7-26(32)28-18-34(44-19-29(28)42)45-33-16-24(10-13-43-33)22-58(2,55)47-36(51)20-48-14-11-23(12-15-48)21-57-31-5-3-4-27-37(31)40(54)49(39(27)53)30-8-9-35(50)46-38(30)52/h3-7,10,13,16-19,23,30H,8-9,11-12,14-15,20-22H2,1-2H3,(H,43,44,45)(H,46,50,52). The number of imide groups is 2. The molecule has 0 bridgehead atoms. The number of nitrogens with zero attached hydrogens (tertiary/aromatic N) is 5. The summed E-state index contributed by atoms with van der Waals surface area (Å²) in [5, 5.41) is 5.19. The Bertz CT molecular complexity index is 2450. The second-order valence-corrected chi connectivity index (χ2v) is 16.7. The lowest BCUT2D eigenvalue weighted by Crippen LogP contribution is -2.54. The van der Waals surface area contributed by atoms with Crippen LogP contribution in [0.25, 0.3) is 11.1 Å². The largest absolute Gasteiger partial charge is 0.496 e. The fraction of sp³-hybridized carbons (Fsp3) is 0.325. The molecule has 0 saturated carbocycles. The Balaban J connectivity index is 0.912. The van der Waals surface area contributed by atoms with Gasteiger partial charge in [0.15, 0.2) is 0 Å². The summed E-state index contributed by atoms with van der Waals surface area (Å²) >= 11 is 0. The van der Waals surface area contributed by atoms with Crippen molar-refractivity contribution < 1.29 is 46.4 Å². The number of hydrogen-bond acceptors (Lipinski definition) is 12. The summed E-state index contributed by atoms with van der Waals surface area (Å²) in [6, 6.07) is 12.1. The number of methoxy groups -OCH3 is 1. The van der Waals surface area contributed by atoms with Gasteiger partial charge in [-0.15, -0.1) is 0 Å². The lowest BCUT2D eigenvalue weighted by molar-refractivity contribution is -0.136. The zero-order chi connectivity index (χ0) is 41.1. The highest BCUT2D eigenvalue weighted by molar-refractivity contribution is 7.92. The Morgan fingerprint density at radius 1 is 0.948 bits per heavy atom. The van der Waals surface area contributed by atoms with Gasteiger partial charge in [-0.25, -0.2) is 23.0 Å². The van der Waals surface area contributed by atoms with Crippen LogP contribution in [0.5, 0.6) is 11.5 Å². The van der Waals surface area contributed by atoms with Gasteiger partial charge < -0.3 is 14.8 Å². The summed E-state index contributed by atoms with van der Waals surface area (Å²) in [6.07, 6.45) is 5.35. The number of halogens is 2. The van der Waals surface area contributed by atoms with E-state index in [1.54, 1.807) is 24.3 Å². The molecule has 5 heterocycles. The molecule has 2 aromatic heterocycles. The molecule has 2 unspecified atom stereocenters. The number of piperidine rings is 2. The van der Waals surface area contributed by atoms with E-state index in [0.29, 0.717) is 42.9 Å². The van der Waals surface area contributed by atoms with E-state index in [-0.39, 0.29) is 71.7 Å². The van der Waals surface area contributed by atoms with Crippen LogP contribution in [0.2, 0.25) is 0 Å². The lowest BCUT2D eigenvalue weighted by Gasteiger charge is -2.31. The van der Waals surface area contributed by atoms with Crippen molar-refractivity contribution in [3.63, 3.8) is 0 Å². The van der Waals surface area contributed by atoms with Crippen molar-refractivity contribution in [1.29, 1.82) is 0 Å². The van der Waals surface area contributed by atoms with Crippen LogP contribution in [0.3, 0.4) is 0 Å². The average Bonchev–Trinajstić information content (AvgIpc) is 3.44. The van der Waals surface area contributed by atoms with Crippen LogP contribution in [0.15, 0.2) is 71.4 Å². The van der Waals surface area contributed by atoms with Gasteiger partial charge in [-0.1, -0.05) is 6.07 Å². The van der Waals surface area contributed by atoms with Gasteiger partial charge in [0.05, 0.1) is 53.1 Å². The number of hydrogen-bond donors (Lipinski definition) is 2. The van der Waals surface area contributed by atoms with Gasteiger partial charge in [0, 0.05) is 36.1 Å². The Labute approximate surface area is 332 Å². The first kappa shape index (κ1) is 40.1. The molecule has 0 radical (unpaired) electrons. The lowest BCUT2D eigenvalue weighted by atomic mass is 9.97. The number of carbonyl (C=O) groups is 5. The Hall–Kier alpha value is -6.14. The van der Waals surface area contributed by atoms with Crippen molar-refractivity contribution in [2.45, 2.75) is 37.5 Å². The molecule has 5 amide bonds. The van der Waals surface area contributed by atoms with E-state index < -0.39 is 56.9 Å². The minimum atomic E-state index is -2.99. The molecule has 0 spiro atoms. The van der Waals surface area contributed by atoms with Gasteiger partial charge in [0.25, 0.3) is 17.7 Å². The monoisotopic (exact) mass is 815 g/mol. The highest BCUT2D eigenvalue weighted by atomic mass is 32.2. The summed E-state index contributed by atoms with van der Waals surface area (Å²) in [7, 11) is -1.63. The molecule has 2 saturated heterocycles. The first-order valence-corrected chi connectivity index (χ1v) is 20.5. The Morgan fingerprint density at radius 3 is 2.48 bits per heavy atom. The fourth-order valence-electron chi connectivity index (χ4n) is 7.26. The topological polar surface area (TPSA) is 190 Å². The number of pyridine rings is 2. The zero-order valence-corrected chi connectivity index (χ0v) is 32.4. The van der Waals surface area contributed by atoms with Crippen molar-refractivity contribution >= 4 is 50.9 Å². The van der Waals surface area contributed by atoms with Gasteiger partial charge in [0.2, 0.25) is 11.8 Å². The molecule has 0 aliphatic carbocycles. The fourth-order valence-corrected chi connectivity index (χ4v) is 8.62. The molecular weight excluding hydrogens is 777 g/mol. The maximum atomic E-state index is 14.8. The second-order valence-electron chi connectivity index (χ2n) is 14.3. The number of carbonyl (C=O) groups excluding carboxylic acids is 5. The first-order chi connectivity index (χ1) is 27.8. The third kappa shape index (κ3) is 8.87. The number of fused-ring (bicyclic) bond motifs is 1. The molecule has 18 heteroatoms. The van der Waals surface area contributed by atoms with Crippen molar-refractivity contribution in [3.05, 3.63) is 95.3 Å². The molecular formula is C40H39F2N7O8S. The van der Waals surface area contributed by atoms with Crippen LogP contribution in [-0.4, -0.2) is 99.2 Å². The van der Waals surface area contributed by atoms with Crippen LogP contribution in [0.4, 0.5) is 20.4 Å². The summed E-state index contributed by atoms with van der Waals surface area (Å²) in [4.78, 5) is 74.8. The quantitative estimate of drug-likeness (QED) is 0.191. The van der Waals surface area contributed by atoms with E-state index in [1.807, 2.05) is 4.90 Å². The van der Waals surface area contributed by atoms with Gasteiger partial charge in [-0.05, 0) is 86.3 Å². The van der Waals surface area contributed by atoms with E-state index in [2.05, 4.69) is 25.0 Å². The van der Waals surface area contributed by atoms with E-state index >= 15 is 0 Å². The molecule has 2 fully saturated rings. The highest BCUT2D eigenvalue weighted by Gasteiger charge is 2.46. The molecule has 15 nitrogen and oxygen atoms in total. The van der Waals surface area contributed by atoms with Gasteiger partial charge in [-0.2, -0.15) is 4.36 Å². The number of anilines is 2. The third-order valence-electron chi connectivity index (χ3n) is 10.1. The number of ether oxygens (including phenoxy) is 2. The molecule has 3 aliphatic heterocycles. The van der Waals surface area contributed by atoms with Crippen LogP contribution >= 0.6 is 0 Å². The summed E-state index contributed by atoms with van der Waals surface area (Å²) in [5.74, 6) is -3.06. The minimum Gasteiger partial charge on any atom is -0.496 e. The van der Waals surface area contributed by atoms with E-state index in [1.165, 1.54) is 43.8 Å². The molecule has 7 rings (SSSR count). The Morgan fingerprint density at radius 2 is 1.72 bits per heavy atom. The number of aromatic nitrogens is 2. The van der Waals surface area contributed by atoms with E-state index in [9.17, 15) is 37.0 Å². The van der Waals surface area contributed by atoms with Crippen LogP contribution in [-0.2, 0) is 29.9 Å². The zero-order valence-electron chi connectivity index (χ0n) is 31.5. The maximum Gasteiger partial charge on any atom is 0.267 e. The van der Waals surface area contributed by atoms with Crippen LogP contribution in [0.1, 0.15) is 52.0 Å². The van der Waals surface area contributed by atoms with Crippen LogP contribution < -0.4 is 20.1 Å². The summed E-state index contributed by atoms with van der Waals surface area (Å²) < 4.78 is 57.4. The number of rotatable bonds is 12. The molecule has 2 atom stereocenters. The first-order valence-electron chi connectivity index (χ1n) is 18.4. The van der Waals surface area contributed by atoms with Gasteiger partial charge in [0.1, 0.15) is 40.8 Å². The molecule has 58 heavy (non-hydrogen) atoms. The van der Waals surface area contributed by atoms with Crippen molar-refractivity contribution in [3.8, 4) is 22.6 Å². The summed E-state index contributed by atoms with van der Waals surface area (Å²) in [5.41, 5.74) is 1.28. The third-order valence-corrected chi connectivity index (χ3v) is 11.5. The predicted octanol–water partition coefficient (Wildman–Crippen LogP) is 4.49. The molecule has 2 aromatic carbocycles. The average molecular weight is 816 g/mol. The molecule has 302 valence electrons. The van der Waals surface area contributed by atoms with E-state index in [4.69, 9.17) is 9.47 Å². The second kappa shape index (κ2) is 16.8. The number of likely N-dealkylation sites (tertiary alicyclic amines) is 1. The number of amides is 5. The normalized spacial score (nSPS) is 18.3. The minimum absolute atomic E-state index is 0.0159. The van der Waals surface area contributed by atoms with Crippen LogP contribution in [0, 0.1) is 17.6 Å². The number of benzene rings is 2. The summed E-state index contributed by atoms with van der Waals surface area (Å²) in [6.45, 7) is 1.36. The smallest absolute Gasteiger partial charge is 0.267 e. The number of nitrogens with one attached hydrogen (secondary N) is 2. The SMILES string of the molecule is COc1cc(F)ccc1-c1cc(Nc2cc(CS(C)(=O)=NC(=O)CN3CCC(COc4cccc5c4C(=O)N(C4CCC(=O)NC4=O)C5=O)CC3)ccn2)ncc1F. The predicted molar refractivity (Wildman–Crippen MR) is 207 cm³/mol. The van der Waals surface area contributed by atoms with Crippen molar-refractivity contribution in [2.75, 3.05) is 44.9 Å². The molecule has 3 aliphatic rings. The molecule has 2 N–H and O–H groups in total. The maximum absolute atomic E-state index is 14.8. The van der Waals surface area contributed by atoms with Crippen molar-refractivity contribution in [2.24, 2.45) is 10.3 Å². The van der Waals surface area contributed by atoms with Crippen molar-refractivity contribution in [1.82, 2.24) is 25.1 Å². The highest BCUT2D eigenvalue weighted by Crippen LogP contribution is 2.35. The van der Waals surface area contributed by atoms with Gasteiger partial charge >= 0.3 is 0 Å². The van der Waals surface area contributed by atoms with Gasteiger partial charge in [-0.3, -0.25) is 39.1 Å². The Kier molecular flexibility index (Phi) is 11.6. The molecule has 4 aromatic rings. The van der Waals surface area contributed by atoms with E-state index in [0.717, 1.165) is 17.2 Å².